The van der Waals surface area contributed by atoms with E-state index in [1.165, 1.54) is 0 Å². The molecule has 0 heterocycles. The number of aliphatic hydroxyl groups is 1. The van der Waals surface area contributed by atoms with Crippen LogP contribution >= 0.6 is 0 Å². The molecule has 3 N–H and O–H groups in total. The van der Waals surface area contributed by atoms with Crippen LogP contribution in [0.2, 0.25) is 0 Å². The molecule has 0 spiro atoms. The van der Waals surface area contributed by atoms with Crippen molar-refractivity contribution in [1.82, 2.24) is 0 Å². The molecule has 0 aromatic heterocycles. The molecule has 0 amide bonds. The first-order valence-electron chi connectivity index (χ1n) is 2.89. The molecule has 0 aromatic carbocycles. The largest absolute Gasteiger partial charge is 0.399 e. The predicted molar refractivity (Wildman–Crippen MR) is 39.7 cm³/mol. The highest BCUT2D eigenvalue weighted by Crippen LogP contribution is 1.87. The van der Waals surface area contributed by atoms with Crippen molar-refractivity contribution >= 4 is 6.21 Å². The number of hydrogen-bond acceptors (Lipinski definition) is 5. The van der Waals surface area contributed by atoms with E-state index in [9.17, 15) is 10.1 Å². The molecule has 0 bridgehead atoms. The van der Waals surface area contributed by atoms with Crippen LogP contribution in [0.25, 0.3) is 0 Å². The fourth-order valence-electron chi connectivity index (χ4n) is 0.367. The second kappa shape index (κ2) is 5.36. The van der Waals surface area contributed by atoms with E-state index in [-0.39, 0.29) is 18.8 Å². The quantitative estimate of drug-likeness (QED) is 0.316. The Hall–Kier alpha value is -1.43. The lowest BCUT2D eigenvalue weighted by Gasteiger charge is -1.87. The van der Waals surface area contributed by atoms with Gasteiger partial charge >= 0.3 is 5.70 Å². The normalized spacial score (nSPS) is 12.3. The lowest BCUT2D eigenvalue weighted by Crippen LogP contribution is -2.03. The van der Waals surface area contributed by atoms with Gasteiger partial charge in [-0.1, -0.05) is 0 Å². The molecule has 6 heteroatoms. The molecule has 11 heavy (non-hydrogen) atoms. The minimum Gasteiger partial charge on any atom is -0.399 e. The van der Waals surface area contributed by atoms with Crippen molar-refractivity contribution in [2.24, 2.45) is 10.7 Å². The van der Waals surface area contributed by atoms with Crippen LogP contribution in [-0.2, 0) is 0 Å². The van der Waals surface area contributed by atoms with Gasteiger partial charge in [0.05, 0.1) is 24.3 Å². The first kappa shape index (κ1) is 9.57. The standard InChI is InChI=1S/C5H9N3O3/c6-3-5(8(10)11)4-7-1-2-9/h3-4,9H,1-2,6H2. The van der Waals surface area contributed by atoms with Gasteiger partial charge in [-0.2, -0.15) is 0 Å². The minimum atomic E-state index is -0.652. The number of allylic oxidation sites excluding steroid dienone is 1. The lowest BCUT2D eigenvalue weighted by atomic mass is 10.5. The van der Waals surface area contributed by atoms with Crippen molar-refractivity contribution in [2.45, 2.75) is 0 Å². The van der Waals surface area contributed by atoms with Gasteiger partial charge in [0.2, 0.25) is 0 Å². The zero-order chi connectivity index (χ0) is 8.69. The Labute approximate surface area is 63.2 Å². The summed E-state index contributed by atoms with van der Waals surface area (Å²) in [6.45, 7) is 0.0112. The zero-order valence-corrected chi connectivity index (χ0v) is 5.80. The summed E-state index contributed by atoms with van der Waals surface area (Å²) in [5.74, 6) is 0. The highest BCUT2D eigenvalue weighted by molar-refractivity contribution is 5.74. The van der Waals surface area contributed by atoms with Crippen LogP contribution in [0.3, 0.4) is 0 Å². The van der Waals surface area contributed by atoms with Crippen LogP contribution in [0.5, 0.6) is 0 Å². The van der Waals surface area contributed by atoms with Crippen molar-refractivity contribution in [3.8, 4) is 0 Å². The number of nitrogens with zero attached hydrogens (tertiary/aromatic N) is 2. The summed E-state index contributed by atoms with van der Waals surface area (Å²) in [6, 6.07) is 0. The maximum Gasteiger partial charge on any atom is 0.302 e. The summed E-state index contributed by atoms with van der Waals surface area (Å²) >= 11 is 0. The monoisotopic (exact) mass is 159 g/mol. The Bertz CT molecular complexity index is 187. The fraction of sp³-hybridized carbons (Fsp3) is 0.400. The maximum absolute atomic E-state index is 10.0. The van der Waals surface area contributed by atoms with Gasteiger partial charge in [-0.05, 0) is 0 Å². The average molecular weight is 159 g/mol. The summed E-state index contributed by atoms with van der Waals surface area (Å²) in [4.78, 5) is 12.9. The van der Waals surface area contributed by atoms with Gasteiger partial charge < -0.3 is 10.8 Å². The van der Waals surface area contributed by atoms with E-state index in [2.05, 4.69) is 4.99 Å². The van der Waals surface area contributed by atoms with Crippen molar-refractivity contribution in [3.63, 3.8) is 0 Å². The molecule has 0 unspecified atom stereocenters. The number of nitrogens with two attached hydrogens (primary N) is 1. The molecule has 0 aliphatic heterocycles. The topological polar surface area (TPSA) is 102 Å². The van der Waals surface area contributed by atoms with Crippen molar-refractivity contribution in [1.29, 1.82) is 0 Å². The molecule has 0 rings (SSSR count). The Balaban J connectivity index is 4.00. The second-order valence-electron chi connectivity index (χ2n) is 1.61. The summed E-state index contributed by atoms with van der Waals surface area (Å²) in [5.41, 5.74) is 4.62. The SMILES string of the molecule is NC=C(C=NCCO)[N+](=O)[O-]. The maximum atomic E-state index is 10.0. The highest BCUT2D eigenvalue weighted by Gasteiger charge is 2.03. The van der Waals surface area contributed by atoms with E-state index in [1.54, 1.807) is 0 Å². The summed E-state index contributed by atoms with van der Waals surface area (Å²) in [7, 11) is 0. The fourth-order valence-corrected chi connectivity index (χ4v) is 0.367. The van der Waals surface area contributed by atoms with E-state index < -0.39 is 4.92 Å². The summed E-state index contributed by atoms with van der Waals surface area (Å²) in [6.07, 6.45) is 1.86. The Kier molecular flexibility index (Phi) is 4.67. The highest BCUT2D eigenvalue weighted by atomic mass is 16.6. The first-order chi connectivity index (χ1) is 5.22. The van der Waals surface area contributed by atoms with Crippen molar-refractivity contribution < 1.29 is 10.0 Å². The van der Waals surface area contributed by atoms with Crippen molar-refractivity contribution in [3.05, 3.63) is 22.0 Å². The van der Waals surface area contributed by atoms with Gasteiger partial charge in [-0.15, -0.1) is 0 Å². The Morgan fingerprint density at radius 2 is 2.45 bits per heavy atom. The first-order valence-corrected chi connectivity index (χ1v) is 2.89. The van der Waals surface area contributed by atoms with Crippen LogP contribution in [0.4, 0.5) is 0 Å². The van der Waals surface area contributed by atoms with Gasteiger partial charge in [0.15, 0.2) is 0 Å². The Morgan fingerprint density at radius 3 is 2.82 bits per heavy atom. The number of aliphatic hydroxyl groups excluding tert-OH is 1. The second-order valence-corrected chi connectivity index (χ2v) is 1.61. The molecule has 0 aliphatic rings. The van der Waals surface area contributed by atoms with Crippen LogP contribution < -0.4 is 5.73 Å². The number of nitro groups is 1. The third-order valence-electron chi connectivity index (χ3n) is 0.834. The number of aliphatic imine (C=N–C) groups is 1. The lowest BCUT2D eigenvalue weighted by molar-refractivity contribution is -0.414. The van der Waals surface area contributed by atoms with Crippen LogP contribution in [0, 0.1) is 10.1 Å². The zero-order valence-electron chi connectivity index (χ0n) is 5.80. The van der Waals surface area contributed by atoms with E-state index in [1.807, 2.05) is 0 Å². The molecule has 0 fully saturated rings. The smallest absolute Gasteiger partial charge is 0.302 e. The molecule has 0 aliphatic carbocycles. The van der Waals surface area contributed by atoms with Crippen LogP contribution in [0.15, 0.2) is 16.9 Å². The summed E-state index contributed by atoms with van der Waals surface area (Å²) < 4.78 is 0. The average Bonchev–Trinajstić information content (AvgIpc) is 1.97. The van der Waals surface area contributed by atoms with Gasteiger partial charge in [0.25, 0.3) is 0 Å². The summed E-state index contributed by atoms with van der Waals surface area (Å²) in [5, 5.41) is 18.3. The van der Waals surface area contributed by atoms with Gasteiger partial charge in [-0.3, -0.25) is 15.1 Å². The van der Waals surface area contributed by atoms with Crippen molar-refractivity contribution in [2.75, 3.05) is 13.2 Å². The number of hydrogen-bond donors (Lipinski definition) is 2. The molecule has 0 saturated carbocycles. The molecule has 0 radical (unpaired) electrons. The minimum absolute atomic E-state index is 0.133. The van der Waals surface area contributed by atoms with Gasteiger partial charge in [0, 0.05) is 0 Å². The third-order valence-corrected chi connectivity index (χ3v) is 0.834. The molecule has 6 nitrogen and oxygen atoms in total. The number of rotatable bonds is 4. The molecular weight excluding hydrogens is 150 g/mol. The van der Waals surface area contributed by atoms with E-state index in [4.69, 9.17) is 10.8 Å². The molecular formula is C5H9N3O3. The van der Waals surface area contributed by atoms with E-state index >= 15 is 0 Å². The van der Waals surface area contributed by atoms with Crippen LogP contribution in [-0.4, -0.2) is 29.4 Å². The van der Waals surface area contributed by atoms with Crippen LogP contribution in [0.1, 0.15) is 0 Å². The molecule has 0 saturated heterocycles. The molecule has 0 atom stereocenters. The third kappa shape index (κ3) is 4.04. The molecule has 0 aromatic rings. The van der Waals surface area contributed by atoms with E-state index in [0.717, 1.165) is 12.4 Å². The van der Waals surface area contributed by atoms with Gasteiger partial charge in [-0.25, -0.2) is 0 Å². The predicted octanol–water partition coefficient (Wildman–Crippen LogP) is -0.874. The van der Waals surface area contributed by atoms with E-state index in [0.29, 0.717) is 0 Å². The Morgan fingerprint density at radius 1 is 1.82 bits per heavy atom. The van der Waals surface area contributed by atoms with Gasteiger partial charge in [0.1, 0.15) is 6.21 Å². The molecule has 62 valence electrons.